The highest BCUT2D eigenvalue weighted by atomic mass is 16.6. The number of nitrogens with zero attached hydrogens (tertiary/aromatic N) is 2. The SMILES string of the molecule is CCOC(=O)CC1CC(=O)NN1Cc1ccccc1[N+](=O)[O-]. The summed E-state index contributed by atoms with van der Waals surface area (Å²) in [6.07, 6.45) is 0.229. The van der Waals surface area contributed by atoms with Crippen molar-refractivity contribution >= 4 is 17.6 Å². The van der Waals surface area contributed by atoms with E-state index >= 15 is 0 Å². The maximum Gasteiger partial charge on any atom is 0.307 e. The third kappa shape index (κ3) is 3.79. The number of amides is 1. The molecule has 1 aromatic carbocycles. The lowest BCUT2D eigenvalue weighted by atomic mass is 10.1. The monoisotopic (exact) mass is 307 g/mol. The van der Waals surface area contributed by atoms with Crippen LogP contribution in [0.1, 0.15) is 25.3 Å². The third-order valence-electron chi connectivity index (χ3n) is 3.37. The number of nitro benzene ring substituents is 1. The van der Waals surface area contributed by atoms with E-state index in [1.54, 1.807) is 30.1 Å². The second-order valence-electron chi connectivity index (χ2n) is 4.92. The first-order chi connectivity index (χ1) is 10.5. The molecule has 1 aliphatic heterocycles. The van der Waals surface area contributed by atoms with Crippen LogP contribution in [0.3, 0.4) is 0 Å². The van der Waals surface area contributed by atoms with E-state index in [1.165, 1.54) is 6.07 Å². The van der Waals surface area contributed by atoms with Crippen LogP contribution in [0.25, 0.3) is 0 Å². The molecule has 8 nitrogen and oxygen atoms in total. The largest absolute Gasteiger partial charge is 0.466 e. The van der Waals surface area contributed by atoms with Gasteiger partial charge in [0.05, 0.1) is 24.5 Å². The molecule has 2 rings (SSSR count). The molecule has 0 aliphatic carbocycles. The van der Waals surface area contributed by atoms with E-state index in [-0.39, 0.29) is 43.6 Å². The number of ether oxygens (including phenoxy) is 1. The van der Waals surface area contributed by atoms with Gasteiger partial charge in [-0.3, -0.25) is 25.1 Å². The summed E-state index contributed by atoms with van der Waals surface area (Å²) in [5.74, 6) is -0.607. The van der Waals surface area contributed by atoms with Gasteiger partial charge in [0, 0.05) is 24.1 Å². The highest BCUT2D eigenvalue weighted by Crippen LogP contribution is 2.23. The fraction of sp³-hybridized carbons (Fsp3) is 0.429. The maximum absolute atomic E-state index is 11.6. The molecule has 1 unspecified atom stereocenters. The van der Waals surface area contributed by atoms with Crippen molar-refractivity contribution in [1.29, 1.82) is 0 Å². The van der Waals surface area contributed by atoms with Gasteiger partial charge in [-0.2, -0.15) is 0 Å². The van der Waals surface area contributed by atoms with Crippen LogP contribution in [0.5, 0.6) is 0 Å². The fourth-order valence-electron chi connectivity index (χ4n) is 2.39. The van der Waals surface area contributed by atoms with Crippen LogP contribution in [0.4, 0.5) is 5.69 Å². The van der Waals surface area contributed by atoms with Gasteiger partial charge in [0.2, 0.25) is 5.91 Å². The first-order valence-electron chi connectivity index (χ1n) is 6.95. The molecule has 0 spiro atoms. The Balaban J connectivity index is 2.11. The minimum atomic E-state index is -0.465. The third-order valence-corrected chi connectivity index (χ3v) is 3.37. The Morgan fingerprint density at radius 1 is 1.50 bits per heavy atom. The summed E-state index contributed by atoms with van der Waals surface area (Å²) in [4.78, 5) is 33.7. The lowest BCUT2D eigenvalue weighted by Gasteiger charge is -2.22. The molecular weight excluding hydrogens is 290 g/mol. The summed E-state index contributed by atoms with van der Waals surface area (Å²) in [6, 6.07) is 5.95. The van der Waals surface area contributed by atoms with Crippen molar-refractivity contribution in [1.82, 2.24) is 10.4 Å². The Bertz CT molecular complexity index is 590. The van der Waals surface area contributed by atoms with Crippen molar-refractivity contribution in [3.8, 4) is 0 Å². The average molecular weight is 307 g/mol. The number of para-hydroxylation sites is 1. The van der Waals surface area contributed by atoms with E-state index < -0.39 is 10.9 Å². The van der Waals surface area contributed by atoms with E-state index in [4.69, 9.17) is 4.74 Å². The van der Waals surface area contributed by atoms with Crippen LogP contribution in [0.15, 0.2) is 24.3 Å². The van der Waals surface area contributed by atoms with E-state index in [2.05, 4.69) is 5.43 Å². The number of rotatable bonds is 6. The minimum absolute atomic E-state index is 0.0152. The van der Waals surface area contributed by atoms with Crippen molar-refractivity contribution in [3.63, 3.8) is 0 Å². The predicted octanol–water partition coefficient (Wildman–Crippen LogP) is 1.15. The number of nitro groups is 1. The number of hydrogen-bond donors (Lipinski definition) is 1. The van der Waals surface area contributed by atoms with Gasteiger partial charge in [0.1, 0.15) is 0 Å². The molecule has 1 N–H and O–H groups in total. The van der Waals surface area contributed by atoms with Crippen molar-refractivity contribution in [2.24, 2.45) is 0 Å². The minimum Gasteiger partial charge on any atom is -0.466 e. The van der Waals surface area contributed by atoms with Crippen LogP contribution in [0.2, 0.25) is 0 Å². The van der Waals surface area contributed by atoms with Gasteiger partial charge in [0.25, 0.3) is 5.69 Å². The average Bonchev–Trinajstić information content (AvgIpc) is 2.79. The van der Waals surface area contributed by atoms with E-state index in [1.807, 2.05) is 0 Å². The topological polar surface area (TPSA) is 102 Å². The zero-order valence-electron chi connectivity index (χ0n) is 12.2. The number of nitrogens with one attached hydrogen (secondary N) is 1. The molecule has 0 bridgehead atoms. The van der Waals surface area contributed by atoms with Gasteiger partial charge in [-0.05, 0) is 6.92 Å². The van der Waals surface area contributed by atoms with Crippen LogP contribution in [-0.2, 0) is 20.9 Å². The molecule has 1 aromatic rings. The molecule has 0 aromatic heterocycles. The number of esters is 1. The molecule has 8 heteroatoms. The zero-order chi connectivity index (χ0) is 16.1. The zero-order valence-corrected chi connectivity index (χ0v) is 12.2. The molecule has 118 valence electrons. The summed E-state index contributed by atoms with van der Waals surface area (Å²) in [6.45, 7) is 2.14. The molecule has 0 radical (unpaired) electrons. The summed E-state index contributed by atoms with van der Waals surface area (Å²) >= 11 is 0. The van der Waals surface area contributed by atoms with Gasteiger partial charge < -0.3 is 4.74 Å². The van der Waals surface area contributed by atoms with Gasteiger partial charge in [0.15, 0.2) is 0 Å². The van der Waals surface area contributed by atoms with E-state index in [9.17, 15) is 19.7 Å². The van der Waals surface area contributed by atoms with Crippen LogP contribution in [0, 0.1) is 10.1 Å². The van der Waals surface area contributed by atoms with Crippen LogP contribution in [-0.4, -0.2) is 34.5 Å². The number of hydrogen-bond acceptors (Lipinski definition) is 6. The lowest BCUT2D eigenvalue weighted by Crippen LogP contribution is -2.39. The fourth-order valence-corrected chi connectivity index (χ4v) is 2.39. The molecule has 1 saturated heterocycles. The highest BCUT2D eigenvalue weighted by molar-refractivity contribution is 5.80. The number of carbonyl (C=O) groups is 2. The summed E-state index contributed by atoms with van der Waals surface area (Å²) < 4.78 is 4.89. The molecular formula is C14H17N3O5. The number of carbonyl (C=O) groups excluding carboxylic acids is 2. The van der Waals surface area contributed by atoms with E-state index in [0.29, 0.717) is 5.56 Å². The van der Waals surface area contributed by atoms with Gasteiger partial charge in [-0.1, -0.05) is 18.2 Å². The molecule has 1 amide bonds. The normalized spacial score (nSPS) is 18.0. The standard InChI is InChI=1S/C14H17N3O5/c1-2-22-14(19)8-11-7-13(18)15-16(11)9-10-5-3-4-6-12(10)17(20)21/h3-6,11H,2,7-9H2,1H3,(H,15,18). The Morgan fingerprint density at radius 3 is 2.91 bits per heavy atom. The smallest absolute Gasteiger partial charge is 0.307 e. The second kappa shape index (κ2) is 6.99. The summed E-state index contributed by atoms with van der Waals surface area (Å²) in [5, 5.41) is 12.6. The van der Waals surface area contributed by atoms with Gasteiger partial charge in [-0.25, -0.2) is 5.01 Å². The van der Waals surface area contributed by atoms with Crippen LogP contribution >= 0.6 is 0 Å². The Kier molecular flexibility index (Phi) is 5.05. The quantitative estimate of drug-likeness (QED) is 0.480. The Morgan fingerprint density at radius 2 is 2.23 bits per heavy atom. The molecule has 0 saturated carbocycles. The second-order valence-corrected chi connectivity index (χ2v) is 4.92. The Hall–Kier alpha value is -2.48. The molecule has 1 heterocycles. The number of benzene rings is 1. The highest BCUT2D eigenvalue weighted by Gasteiger charge is 2.33. The maximum atomic E-state index is 11.6. The molecule has 1 aliphatic rings. The lowest BCUT2D eigenvalue weighted by molar-refractivity contribution is -0.385. The molecule has 22 heavy (non-hydrogen) atoms. The van der Waals surface area contributed by atoms with Crippen molar-refractivity contribution in [2.75, 3.05) is 6.61 Å². The Labute approximate surface area is 127 Å². The first-order valence-corrected chi connectivity index (χ1v) is 6.95. The van der Waals surface area contributed by atoms with Gasteiger partial charge in [-0.15, -0.1) is 0 Å². The van der Waals surface area contributed by atoms with Gasteiger partial charge >= 0.3 is 5.97 Å². The molecule has 1 fully saturated rings. The van der Waals surface area contributed by atoms with Crippen molar-refractivity contribution in [3.05, 3.63) is 39.9 Å². The molecule has 1 atom stereocenters. The summed E-state index contributed by atoms with van der Waals surface area (Å²) in [7, 11) is 0. The first kappa shape index (κ1) is 15.9. The summed E-state index contributed by atoms with van der Waals surface area (Å²) in [5.41, 5.74) is 3.09. The van der Waals surface area contributed by atoms with Crippen molar-refractivity contribution < 1.29 is 19.2 Å². The van der Waals surface area contributed by atoms with Crippen LogP contribution < -0.4 is 5.43 Å². The predicted molar refractivity (Wildman–Crippen MR) is 76.4 cm³/mol. The van der Waals surface area contributed by atoms with E-state index in [0.717, 1.165) is 0 Å². The number of hydrazine groups is 1. The van der Waals surface area contributed by atoms with Crippen molar-refractivity contribution in [2.45, 2.75) is 32.4 Å².